The summed E-state index contributed by atoms with van der Waals surface area (Å²) in [6.07, 6.45) is -7.37. The summed E-state index contributed by atoms with van der Waals surface area (Å²) in [5.41, 5.74) is 0.262. The zero-order valence-corrected chi connectivity index (χ0v) is 14.1. The molecule has 3 amide bonds. The highest BCUT2D eigenvalue weighted by Gasteiger charge is 2.44. The number of nitrogens with one attached hydrogen (secondary N) is 2. The number of carbonyl (C=O) groups excluding carboxylic acids is 2. The van der Waals surface area contributed by atoms with Crippen LogP contribution in [0.15, 0.2) is 42.5 Å². The fourth-order valence-corrected chi connectivity index (χ4v) is 2.89. The van der Waals surface area contributed by atoms with Crippen LogP contribution in [0, 0.1) is 0 Å². The zero-order chi connectivity index (χ0) is 19.6. The van der Waals surface area contributed by atoms with E-state index in [1.807, 2.05) is 24.3 Å². The minimum Gasteiger partial charge on any atom is -0.394 e. The number of ether oxygens (including phenoxy) is 1. The molecule has 2 aromatic carbocycles. The summed E-state index contributed by atoms with van der Waals surface area (Å²) < 4.78 is 5.15. The van der Waals surface area contributed by atoms with Crippen molar-refractivity contribution in [2.24, 2.45) is 0 Å². The average molecular weight is 376 g/mol. The summed E-state index contributed by atoms with van der Waals surface area (Å²) >= 11 is 0. The van der Waals surface area contributed by atoms with Crippen molar-refractivity contribution in [1.82, 2.24) is 10.6 Å². The molecule has 6 N–H and O–H groups in total. The molecule has 1 aliphatic rings. The predicted molar refractivity (Wildman–Crippen MR) is 93.7 cm³/mol. The van der Waals surface area contributed by atoms with Gasteiger partial charge in [0.05, 0.1) is 6.61 Å². The number of hydrogen-bond acceptors (Lipinski definition) is 7. The third kappa shape index (κ3) is 4.07. The Morgan fingerprint density at radius 3 is 2.37 bits per heavy atom. The molecule has 1 aliphatic heterocycles. The van der Waals surface area contributed by atoms with E-state index in [4.69, 9.17) is 9.84 Å². The molecule has 5 atom stereocenters. The maximum Gasteiger partial charge on any atom is 0.323 e. The maximum absolute atomic E-state index is 12.3. The van der Waals surface area contributed by atoms with E-state index in [0.717, 1.165) is 10.8 Å². The van der Waals surface area contributed by atoms with Gasteiger partial charge in [-0.05, 0) is 22.9 Å². The Labute approximate surface area is 154 Å². The monoisotopic (exact) mass is 376 g/mol. The number of aliphatic hydroxyl groups is 4. The van der Waals surface area contributed by atoms with Crippen molar-refractivity contribution in [2.45, 2.75) is 30.6 Å². The zero-order valence-electron chi connectivity index (χ0n) is 14.1. The molecule has 0 radical (unpaired) electrons. The highest BCUT2D eigenvalue weighted by Crippen LogP contribution is 2.20. The second-order valence-corrected chi connectivity index (χ2v) is 6.24. The molecule has 1 fully saturated rings. The Hall–Kier alpha value is -2.56. The van der Waals surface area contributed by atoms with Crippen molar-refractivity contribution in [3.63, 3.8) is 0 Å². The van der Waals surface area contributed by atoms with Gasteiger partial charge in [-0.25, -0.2) is 4.79 Å². The first-order chi connectivity index (χ1) is 12.9. The van der Waals surface area contributed by atoms with Crippen LogP contribution in [-0.4, -0.2) is 69.6 Å². The van der Waals surface area contributed by atoms with Gasteiger partial charge < -0.3 is 30.5 Å². The number of benzene rings is 2. The first kappa shape index (κ1) is 19.2. The highest BCUT2D eigenvalue weighted by molar-refractivity contribution is 6.06. The van der Waals surface area contributed by atoms with Crippen LogP contribution in [-0.2, 0) is 4.74 Å². The minimum atomic E-state index is -1.63. The molecule has 0 saturated carbocycles. The topological polar surface area (TPSA) is 148 Å². The Balaban J connectivity index is 1.64. The van der Waals surface area contributed by atoms with E-state index in [0.29, 0.717) is 0 Å². The number of rotatable bonds is 3. The van der Waals surface area contributed by atoms with Gasteiger partial charge in [-0.15, -0.1) is 0 Å². The Morgan fingerprint density at radius 2 is 1.67 bits per heavy atom. The van der Waals surface area contributed by atoms with Gasteiger partial charge in [0.1, 0.15) is 24.4 Å². The fourth-order valence-electron chi connectivity index (χ4n) is 2.89. The largest absolute Gasteiger partial charge is 0.394 e. The van der Waals surface area contributed by atoms with Crippen LogP contribution in [0.1, 0.15) is 10.4 Å². The van der Waals surface area contributed by atoms with E-state index in [2.05, 4.69) is 10.6 Å². The molecule has 2 aromatic rings. The molecule has 1 saturated heterocycles. The maximum atomic E-state index is 12.3. The highest BCUT2D eigenvalue weighted by atomic mass is 16.6. The molecule has 9 heteroatoms. The van der Waals surface area contributed by atoms with E-state index >= 15 is 0 Å². The summed E-state index contributed by atoms with van der Waals surface area (Å²) in [6, 6.07) is 11.4. The first-order valence-electron chi connectivity index (χ1n) is 8.32. The van der Waals surface area contributed by atoms with Crippen LogP contribution in [0.2, 0.25) is 0 Å². The lowest BCUT2D eigenvalue weighted by atomic mass is 9.98. The molecule has 0 aliphatic carbocycles. The van der Waals surface area contributed by atoms with E-state index in [9.17, 15) is 24.9 Å². The summed E-state index contributed by atoms with van der Waals surface area (Å²) in [5, 5.41) is 44.5. The van der Waals surface area contributed by atoms with E-state index < -0.39 is 49.2 Å². The molecule has 0 spiro atoms. The molecule has 3 rings (SSSR count). The van der Waals surface area contributed by atoms with Gasteiger partial charge in [-0.3, -0.25) is 10.1 Å². The first-order valence-corrected chi connectivity index (χ1v) is 8.32. The Bertz CT molecular complexity index is 841. The summed E-state index contributed by atoms with van der Waals surface area (Å²) in [6.45, 7) is -0.624. The number of imide groups is 1. The van der Waals surface area contributed by atoms with Crippen LogP contribution in [0.25, 0.3) is 10.8 Å². The van der Waals surface area contributed by atoms with Gasteiger partial charge >= 0.3 is 6.03 Å². The fraction of sp³-hybridized carbons (Fsp3) is 0.333. The summed E-state index contributed by atoms with van der Waals surface area (Å²) in [7, 11) is 0. The molecule has 9 nitrogen and oxygen atoms in total. The van der Waals surface area contributed by atoms with E-state index in [1.165, 1.54) is 0 Å². The standard InChI is InChI=1S/C18H20N2O7/c21-8-12-13(22)14(23)15(24)17(27-12)20-18(26)19-16(25)11-6-5-9-3-1-2-4-10(9)7-11/h1-7,12-15,17,21-24H,8H2,(H2,19,20,25,26)/t12-,13-,14+,15-,17-/m1/s1. The van der Waals surface area contributed by atoms with Crippen LogP contribution in [0.4, 0.5) is 4.79 Å². The molecular weight excluding hydrogens is 356 g/mol. The van der Waals surface area contributed by atoms with Crippen LogP contribution < -0.4 is 10.6 Å². The summed E-state index contributed by atoms with van der Waals surface area (Å²) in [4.78, 5) is 24.3. The molecule has 27 heavy (non-hydrogen) atoms. The number of fused-ring (bicyclic) bond motifs is 1. The lowest BCUT2D eigenvalue weighted by Gasteiger charge is -2.39. The number of urea groups is 1. The number of hydrogen-bond donors (Lipinski definition) is 6. The van der Waals surface area contributed by atoms with Crippen molar-refractivity contribution < 1.29 is 34.8 Å². The Morgan fingerprint density at radius 1 is 0.963 bits per heavy atom. The van der Waals surface area contributed by atoms with Crippen LogP contribution in [0.5, 0.6) is 0 Å². The lowest BCUT2D eigenvalue weighted by molar-refractivity contribution is -0.233. The van der Waals surface area contributed by atoms with Crippen LogP contribution in [0.3, 0.4) is 0 Å². The van der Waals surface area contributed by atoms with Gasteiger partial charge in [-0.1, -0.05) is 30.3 Å². The quantitative estimate of drug-likeness (QED) is 0.406. The van der Waals surface area contributed by atoms with Crippen molar-refractivity contribution in [3.05, 3.63) is 48.0 Å². The molecule has 0 unspecified atom stereocenters. The number of amides is 3. The number of carbonyl (C=O) groups is 2. The van der Waals surface area contributed by atoms with Crippen molar-refractivity contribution in [2.75, 3.05) is 6.61 Å². The predicted octanol–water partition coefficient (Wildman–Crippen LogP) is -0.921. The smallest absolute Gasteiger partial charge is 0.323 e. The third-order valence-electron chi connectivity index (χ3n) is 4.40. The SMILES string of the molecule is O=C(NC(=O)c1ccc2ccccc2c1)N[C@@H]1O[C@H](CO)[C@@H](O)[C@H](O)[C@H]1O. The lowest BCUT2D eigenvalue weighted by Crippen LogP contribution is -2.64. The van der Waals surface area contributed by atoms with Gasteiger partial charge in [0.25, 0.3) is 5.91 Å². The molecule has 0 bridgehead atoms. The van der Waals surface area contributed by atoms with E-state index in [1.54, 1.807) is 18.2 Å². The molecule has 0 aromatic heterocycles. The third-order valence-corrected chi connectivity index (χ3v) is 4.40. The van der Waals surface area contributed by atoms with Crippen molar-refractivity contribution >= 4 is 22.7 Å². The Kier molecular flexibility index (Phi) is 5.68. The van der Waals surface area contributed by atoms with Crippen LogP contribution >= 0.6 is 0 Å². The molecular formula is C18H20N2O7. The normalized spacial score (nSPS) is 27.9. The van der Waals surface area contributed by atoms with Gasteiger partial charge in [0, 0.05) is 5.56 Å². The molecule has 1 heterocycles. The van der Waals surface area contributed by atoms with Crippen molar-refractivity contribution in [1.29, 1.82) is 0 Å². The summed E-state index contributed by atoms with van der Waals surface area (Å²) in [5.74, 6) is -0.664. The minimum absolute atomic E-state index is 0.262. The van der Waals surface area contributed by atoms with Crippen molar-refractivity contribution in [3.8, 4) is 0 Å². The second kappa shape index (κ2) is 7.99. The van der Waals surface area contributed by atoms with Gasteiger partial charge in [0.15, 0.2) is 6.23 Å². The second-order valence-electron chi connectivity index (χ2n) is 6.24. The molecule has 144 valence electrons. The van der Waals surface area contributed by atoms with E-state index in [-0.39, 0.29) is 5.56 Å². The van der Waals surface area contributed by atoms with Gasteiger partial charge in [0.2, 0.25) is 0 Å². The average Bonchev–Trinajstić information content (AvgIpc) is 2.67. The van der Waals surface area contributed by atoms with Gasteiger partial charge in [-0.2, -0.15) is 0 Å². The number of aliphatic hydroxyl groups excluding tert-OH is 4.